The fourth-order valence-corrected chi connectivity index (χ4v) is 3.48. The van der Waals surface area contributed by atoms with Crippen molar-refractivity contribution in [2.75, 3.05) is 10.2 Å². The van der Waals surface area contributed by atoms with Crippen LogP contribution in [-0.4, -0.2) is 22.8 Å². The molecule has 2 aromatic carbocycles. The number of carbonyl (C=O) groups excluding carboxylic acids is 2. The minimum atomic E-state index is -0.895. The molecular formula is C22H17F2N3O2. The molecule has 0 aliphatic carbocycles. The van der Waals surface area contributed by atoms with Gasteiger partial charge in [0.15, 0.2) is 0 Å². The molecule has 3 aromatic rings. The van der Waals surface area contributed by atoms with Crippen LogP contribution in [0.2, 0.25) is 0 Å². The first kappa shape index (κ1) is 18.7. The number of anilines is 2. The molecular weight excluding hydrogens is 376 g/mol. The van der Waals surface area contributed by atoms with E-state index >= 15 is 0 Å². The summed E-state index contributed by atoms with van der Waals surface area (Å²) in [5.74, 6) is -2.58. The minimum absolute atomic E-state index is 0.0151. The van der Waals surface area contributed by atoms with E-state index in [1.807, 2.05) is 31.2 Å². The van der Waals surface area contributed by atoms with Crippen LogP contribution in [0.4, 0.5) is 20.2 Å². The van der Waals surface area contributed by atoms with Gasteiger partial charge in [-0.15, -0.1) is 0 Å². The summed E-state index contributed by atoms with van der Waals surface area (Å²) in [5, 5.41) is 2.35. The van der Waals surface area contributed by atoms with Gasteiger partial charge in [0.05, 0.1) is 5.69 Å². The highest BCUT2D eigenvalue weighted by Gasteiger charge is 2.31. The van der Waals surface area contributed by atoms with E-state index in [1.54, 1.807) is 4.90 Å². The third-order valence-electron chi connectivity index (χ3n) is 4.84. The van der Waals surface area contributed by atoms with Crippen molar-refractivity contribution in [1.29, 1.82) is 0 Å². The first-order valence-electron chi connectivity index (χ1n) is 9.08. The number of rotatable bonds is 3. The molecule has 7 heteroatoms. The predicted molar refractivity (Wildman–Crippen MR) is 105 cm³/mol. The number of halogens is 2. The van der Waals surface area contributed by atoms with Gasteiger partial charge >= 0.3 is 0 Å². The average Bonchev–Trinajstić information content (AvgIpc) is 3.05. The van der Waals surface area contributed by atoms with E-state index in [-0.39, 0.29) is 23.3 Å². The second-order valence-electron chi connectivity index (χ2n) is 6.87. The molecule has 1 atom stereocenters. The number of hydrogen-bond donors (Lipinski definition) is 1. The summed E-state index contributed by atoms with van der Waals surface area (Å²) in [6, 6.07) is 13.4. The molecule has 0 saturated carbocycles. The SMILES string of the molecule is CC1Cc2ccccc2N1C(=O)c1ccnc(C(=O)Nc2ccc(F)cc2F)c1. The average molecular weight is 393 g/mol. The Bertz CT molecular complexity index is 1120. The van der Waals surface area contributed by atoms with E-state index in [0.29, 0.717) is 11.6 Å². The van der Waals surface area contributed by atoms with Crippen LogP contribution in [0.15, 0.2) is 60.8 Å². The summed E-state index contributed by atoms with van der Waals surface area (Å²) in [5.41, 5.74) is 2.03. The van der Waals surface area contributed by atoms with Crippen molar-refractivity contribution in [2.24, 2.45) is 0 Å². The predicted octanol–water partition coefficient (Wildman–Crippen LogP) is 4.20. The molecule has 0 saturated heterocycles. The molecule has 2 heterocycles. The Hall–Kier alpha value is -3.61. The summed E-state index contributed by atoms with van der Waals surface area (Å²) >= 11 is 0. The van der Waals surface area contributed by atoms with Crippen LogP contribution >= 0.6 is 0 Å². The van der Waals surface area contributed by atoms with Crippen LogP contribution in [0.1, 0.15) is 33.3 Å². The lowest BCUT2D eigenvalue weighted by Gasteiger charge is -2.23. The fraction of sp³-hybridized carbons (Fsp3) is 0.136. The number of pyridine rings is 1. The summed E-state index contributed by atoms with van der Waals surface area (Å²) in [6.07, 6.45) is 2.11. The lowest BCUT2D eigenvalue weighted by atomic mass is 10.1. The van der Waals surface area contributed by atoms with E-state index in [2.05, 4.69) is 10.3 Å². The molecule has 0 radical (unpaired) electrons. The Morgan fingerprint density at radius 3 is 2.69 bits per heavy atom. The fourth-order valence-electron chi connectivity index (χ4n) is 3.48. The van der Waals surface area contributed by atoms with Crippen molar-refractivity contribution >= 4 is 23.2 Å². The van der Waals surface area contributed by atoms with E-state index in [1.165, 1.54) is 18.3 Å². The monoisotopic (exact) mass is 393 g/mol. The van der Waals surface area contributed by atoms with Crippen molar-refractivity contribution in [2.45, 2.75) is 19.4 Å². The van der Waals surface area contributed by atoms with Gasteiger partial charge in [-0.1, -0.05) is 18.2 Å². The van der Waals surface area contributed by atoms with Gasteiger partial charge in [-0.25, -0.2) is 8.78 Å². The van der Waals surface area contributed by atoms with Crippen LogP contribution in [0.5, 0.6) is 0 Å². The Kier molecular flexibility index (Phi) is 4.80. The van der Waals surface area contributed by atoms with Gasteiger partial charge in [-0.3, -0.25) is 14.6 Å². The molecule has 0 spiro atoms. The van der Waals surface area contributed by atoms with Crippen molar-refractivity contribution in [1.82, 2.24) is 4.98 Å². The molecule has 2 amide bonds. The topological polar surface area (TPSA) is 62.3 Å². The molecule has 1 aliphatic heterocycles. The van der Waals surface area contributed by atoms with E-state index in [4.69, 9.17) is 0 Å². The summed E-state index contributed by atoms with van der Waals surface area (Å²) in [6.45, 7) is 1.96. The van der Waals surface area contributed by atoms with Crippen molar-refractivity contribution < 1.29 is 18.4 Å². The van der Waals surface area contributed by atoms with Crippen LogP contribution in [0.3, 0.4) is 0 Å². The van der Waals surface area contributed by atoms with Crippen LogP contribution < -0.4 is 10.2 Å². The van der Waals surface area contributed by atoms with Gasteiger partial charge in [0.25, 0.3) is 11.8 Å². The number of benzene rings is 2. The number of nitrogens with zero attached hydrogens (tertiary/aromatic N) is 2. The van der Waals surface area contributed by atoms with E-state index in [9.17, 15) is 18.4 Å². The van der Waals surface area contributed by atoms with Gasteiger partial charge in [0, 0.05) is 29.6 Å². The normalized spacial score (nSPS) is 15.1. The molecule has 1 N–H and O–H groups in total. The Balaban J connectivity index is 1.59. The molecule has 0 fully saturated rings. The van der Waals surface area contributed by atoms with Crippen LogP contribution in [0.25, 0.3) is 0 Å². The van der Waals surface area contributed by atoms with Crippen molar-refractivity contribution in [3.8, 4) is 0 Å². The molecule has 29 heavy (non-hydrogen) atoms. The minimum Gasteiger partial charge on any atom is -0.318 e. The molecule has 4 rings (SSSR count). The van der Waals surface area contributed by atoms with Crippen molar-refractivity contribution in [3.63, 3.8) is 0 Å². The third-order valence-corrected chi connectivity index (χ3v) is 4.84. The number of amides is 2. The first-order valence-corrected chi connectivity index (χ1v) is 9.08. The van der Waals surface area contributed by atoms with E-state index < -0.39 is 17.5 Å². The number of nitrogens with one attached hydrogen (secondary N) is 1. The highest BCUT2D eigenvalue weighted by Crippen LogP contribution is 2.33. The summed E-state index contributed by atoms with van der Waals surface area (Å²) in [7, 11) is 0. The quantitative estimate of drug-likeness (QED) is 0.725. The first-order chi connectivity index (χ1) is 13.9. The number of carbonyl (C=O) groups is 2. The maximum absolute atomic E-state index is 13.8. The van der Waals surface area contributed by atoms with Gasteiger partial charge < -0.3 is 10.2 Å². The smallest absolute Gasteiger partial charge is 0.274 e. The van der Waals surface area contributed by atoms with Crippen molar-refractivity contribution in [3.05, 3.63) is 89.2 Å². The van der Waals surface area contributed by atoms with Gasteiger partial charge in [0.1, 0.15) is 17.3 Å². The number of fused-ring (bicyclic) bond motifs is 1. The van der Waals surface area contributed by atoms with Gasteiger partial charge in [-0.2, -0.15) is 0 Å². The highest BCUT2D eigenvalue weighted by atomic mass is 19.1. The summed E-state index contributed by atoms with van der Waals surface area (Å²) < 4.78 is 26.8. The molecule has 1 aliphatic rings. The Morgan fingerprint density at radius 2 is 1.90 bits per heavy atom. The zero-order chi connectivity index (χ0) is 20.5. The van der Waals surface area contributed by atoms with Crippen LogP contribution in [0, 0.1) is 11.6 Å². The maximum atomic E-state index is 13.8. The standard InChI is InChI=1S/C22H17F2N3O2/c1-13-10-14-4-2-3-5-20(14)27(13)22(29)15-8-9-25-19(11-15)21(28)26-18-7-6-16(23)12-17(18)24/h2-9,11-13H,10H2,1H3,(H,26,28). The second-order valence-corrected chi connectivity index (χ2v) is 6.87. The zero-order valence-electron chi connectivity index (χ0n) is 15.5. The van der Waals surface area contributed by atoms with Gasteiger partial charge in [-0.05, 0) is 49.2 Å². The number of aromatic nitrogens is 1. The molecule has 1 aromatic heterocycles. The second kappa shape index (κ2) is 7.43. The Labute approximate surface area is 166 Å². The summed E-state index contributed by atoms with van der Waals surface area (Å²) in [4.78, 5) is 31.2. The Morgan fingerprint density at radius 1 is 1.10 bits per heavy atom. The highest BCUT2D eigenvalue weighted by molar-refractivity contribution is 6.10. The number of hydrogen-bond acceptors (Lipinski definition) is 3. The zero-order valence-corrected chi connectivity index (χ0v) is 15.5. The number of para-hydroxylation sites is 1. The molecule has 5 nitrogen and oxygen atoms in total. The van der Waals surface area contributed by atoms with Gasteiger partial charge in [0.2, 0.25) is 0 Å². The molecule has 146 valence electrons. The third kappa shape index (κ3) is 3.59. The van der Waals surface area contributed by atoms with E-state index in [0.717, 1.165) is 29.8 Å². The van der Waals surface area contributed by atoms with Crippen LogP contribution in [-0.2, 0) is 6.42 Å². The molecule has 0 bridgehead atoms. The lowest BCUT2D eigenvalue weighted by Crippen LogP contribution is -2.35. The maximum Gasteiger partial charge on any atom is 0.274 e. The largest absolute Gasteiger partial charge is 0.318 e. The lowest BCUT2D eigenvalue weighted by molar-refractivity contribution is 0.0981. The molecule has 1 unspecified atom stereocenters.